The maximum atomic E-state index is 13.7. The molecule has 3 N–H and O–H groups in total. The van der Waals surface area contributed by atoms with E-state index in [0.717, 1.165) is 10.9 Å². The van der Waals surface area contributed by atoms with Crippen molar-refractivity contribution in [1.29, 1.82) is 5.41 Å². The molecule has 0 saturated heterocycles. The number of imidazole rings is 1. The number of fused-ring (bicyclic) bond motifs is 8. The second-order valence-electron chi connectivity index (χ2n) is 7.95. The summed E-state index contributed by atoms with van der Waals surface area (Å²) in [7, 11) is 1.60. The summed E-state index contributed by atoms with van der Waals surface area (Å²) in [6, 6.07) is 6.86. The molecule has 5 rings (SSSR count). The number of nitrogens with zero attached hydrogens (tertiary/aromatic N) is 6. The maximum absolute atomic E-state index is 13.7. The summed E-state index contributed by atoms with van der Waals surface area (Å²) in [5.41, 5.74) is 5.52. The standard InChI is InChI=1S/C22H19F3N8O/c1-31-16(34)6-4-7-32-11-14(19(30-32)22(23,24)25)17(26)13-9-12(10-28-20(13)27)18-21(31)29-15-5-2-3-8-33(15)18/h2-3,5,8-11,26H,4,6-7H2,1H3,(H2,27,28). The Kier molecular flexibility index (Phi) is 4.88. The molecule has 0 atom stereocenters. The molecule has 174 valence electrons. The molecule has 4 aromatic rings. The Bertz CT molecular complexity index is 1450. The van der Waals surface area contributed by atoms with Crippen LogP contribution in [0.15, 0.2) is 42.9 Å². The highest BCUT2D eigenvalue weighted by molar-refractivity contribution is 6.14. The minimum Gasteiger partial charge on any atom is -0.383 e. The van der Waals surface area contributed by atoms with Gasteiger partial charge in [0, 0.05) is 49.7 Å². The molecular weight excluding hydrogens is 449 g/mol. The first-order chi connectivity index (χ1) is 16.1. The first-order valence-electron chi connectivity index (χ1n) is 10.4. The predicted octanol–water partition coefficient (Wildman–Crippen LogP) is 3.37. The number of alkyl halides is 3. The number of nitrogen functional groups attached to an aromatic ring is 1. The number of aryl methyl sites for hydroxylation is 1. The molecule has 1 amide bonds. The summed E-state index contributed by atoms with van der Waals surface area (Å²) >= 11 is 0. The van der Waals surface area contributed by atoms with Crippen LogP contribution in [0.3, 0.4) is 0 Å². The van der Waals surface area contributed by atoms with Gasteiger partial charge in [-0.3, -0.25) is 24.2 Å². The van der Waals surface area contributed by atoms with Crippen LogP contribution in [0.25, 0.3) is 16.9 Å². The number of nitrogens with one attached hydrogen (secondary N) is 1. The minimum absolute atomic E-state index is 0.0189. The first kappa shape index (κ1) is 21.6. The van der Waals surface area contributed by atoms with Crippen LogP contribution in [0.1, 0.15) is 29.7 Å². The molecule has 0 spiro atoms. The van der Waals surface area contributed by atoms with Crippen molar-refractivity contribution in [3.8, 4) is 11.3 Å². The van der Waals surface area contributed by atoms with Crippen molar-refractivity contribution in [3.63, 3.8) is 0 Å². The summed E-state index contributed by atoms with van der Waals surface area (Å²) in [5.74, 6) is 0.0232. The second-order valence-corrected chi connectivity index (χ2v) is 7.95. The lowest BCUT2D eigenvalue weighted by molar-refractivity contribution is -0.141. The summed E-state index contributed by atoms with van der Waals surface area (Å²) < 4.78 is 44.1. The van der Waals surface area contributed by atoms with Gasteiger partial charge >= 0.3 is 6.18 Å². The van der Waals surface area contributed by atoms with E-state index in [1.807, 2.05) is 0 Å². The molecule has 0 fully saturated rings. The van der Waals surface area contributed by atoms with Gasteiger partial charge in [0.05, 0.1) is 17.0 Å². The Balaban J connectivity index is 1.79. The quantitative estimate of drug-likeness (QED) is 0.410. The summed E-state index contributed by atoms with van der Waals surface area (Å²) in [6.07, 6.45) is -0.0713. The number of hydrogen-bond acceptors (Lipinski definition) is 6. The third-order valence-electron chi connectivity index (χ3n) is 5.74. The number of carbonyl (C=O) groups excluding carboxylic acids is 1. The molecule has 0 aromatic carbocycles. The van der Waals surface area contributed by atoms with Crippen LogP contribution in [0.5, 0.6) is 0 Å². The normalized spacial score (nSPS) is 14.9. The Morgan fingerprint density at radius 1 is 1.21 bits per heavy atom. The molecule has 4 bridgehead atoms. The maximum Gasteiger partial charge on any atom is 0.435 e. The van der Waals surface area contributed by atoms with Crippen LogP contribution in [-0.4, -0.2) is 42.8 Å². The molecular formula is C22H19F3N8O. The van der Waals surface area contributed by atoms with Gasteiger partial charge in [0.15, 0.2) is 11.5 Å². The Morgan fingerprint density at radius 3 is 2.76 bits per heavy atom. The van der Waals surface area contributed by atoms with Gasteiger partial charge in [-0.1, -0.05) is 6.07 Å². The van der Waals surface area contributed by atoms with Gasteiger partial charge in [0.1, 0.15) is 11.5 Å². The zero-order valence-corrected chi connectivity index (χ0v) is 18.0. The molecule has 0 radical (unpaired) electrons. The fourth-order valence-corrected chi connectivity index (χ4v) is 4.04. The number of nitrogens with two attached hydrogens (primary N) is 1. The lowest BCUT2D eigenvalue weighted by Gasteiger charge is -2.18. The van der Waals surface area contributed by atoms with Crippen molar-refractivity contribution < 1.29 is 18.0 Å². The topological polar surface area (TPSA) is 118 Å². The van der Waals surface area contributed by atoms with Gasteiger partial charge in [-0.25, -0.2) is 9.97 Å². The molecule has 0 saturated carbocycles. The first-order valence-corrected chi connectivity index (χ1v) is 10.4. The fraction of sp³-hybridized carbons (Fsp3) is 0.227. The van der Waals surface area contributed by atoms with Crippen molar-refractivity contribution >= 4 is 28.9 Å². The van der Waals surface area contributed by atoms with E-state index in [9.17, 15) is 18.0 Å². The number of anilines is 2. The van der Waals surface area contributed by atoms with Gasteiger partial charge in [0.2, 0.25) is 5.91 Å². The van der Waals surface area contributed by atoms with E-state index in [2.05, 4.69) is 15.1 Å². The van der Waals surface area contributed by atoms with E-state index in [-0.39, 0.29) is 36.7 Å². The molecule has 1 aliphatic heterocycles. The molecule has 4 aromatic heterocycles. The number of halogens is 3. The number of pyridine rings is 2. The smallest absolute Gasteiger partial charge is 0.383 e. The van der Waals surface area contributed by atoms with Crippen LogP contribution in [-0.2, 0) is 17.5 Å². The Morgan fingerprint density at radius 2 is 2.00 bits per heavy atom. The molecule has 9 nitrogen and oxygen atoms in total. The highest BCUT2D eigenvalue weighted by atomic mass is 19.4. The van der Waals surface area contributed by atoms with Gasteiger partial charge in [-0.2, -0.15) is 18.3 Å². The average molecular weight is 468 g/mol. The fourth-order valence-electron chi connectivity index (χ4n) is 4.04. The average Bonchev–Trinajstić information content (AvgIpc) is 3.40. The van der Waals surface area contributed by atoms with Crippen LogP contribution in [0, 0.1) is 5.41 Å². The molecule has 0 aliphatic carbocycles. The Labute approximate surface area is 191 Å². The summed E-state index contributed by atoms with van der Waals surface area (Å²) in [6.45, 7) is 0.0712. The van der Waals surface area contributed by atoms with E-state index in [1.54, 1.807) is 35.8 Å². The monoisotopic (exact) mass is 468 g/mol. The summed E-state index contributed by atoms with van der Waals surface area (Å²) in [5, 5.41) is 12.2. The number of carbonyl (C=O) groups is 1. The SMILES string of the molecule is CN1C(=O)CCCn2cc(c(C(F)(F)F)n2)C(=N)c2cc(cnc2N)-c2c1nc1ccccn21. The zero-order chi connectivity index (χ0) is 24.2. The van der Waals surface area contributed by atoms with Crippen molar-refractivity contribution in [2.24, 2.45) is 0 Å². The van der Waals surface area contributed by atoms with Gasteiger partial charge in [-0.05, 0) is 24.6 Å². The van der Waals surface area contributed by atoms with E-state index < -0.39 is 23.1 Å². The highest BCUT2D eigenvalue weighted by Gasteiger charge is 2.39. The van der Waals surface area contributed by atoms with Crippen molar-refractivity contribution in [1.82, 2.24) is 24.1 Å². The number of aromatic nitrogens is 5. The van der Waals surface area contributed by atoms with Crippen LogP contribution in [0.2, 0.25) is 0 Å². The number of amides is 1. The molecule has 0 unspecified atom stereocenters. The lowest BCUT2D eigenvalue weighted by Crippen LogP contribution is -2.27. The Hall–Kier alpha value is -4.22. The molecule has 5 heterocycles. The van der Waals surface area contributed by atoms with Gasteiger partial charge < -0.3 is 5.73 Å². The highest BCUT2D eigenvalue weighted by Crippen LogP contribution is 2.35. The van der Waals surface area contributed by atoms with E-state index in [1.165, 1.54) is 17.2 Å². The van der Waals surface area contributed by atoms with Crippen molar-refractivity contribution in [2.45, 2.75) is 25.6 Å². The third kappa shape index (κ3) is 3.47. The third-order valence-corrected chi connectivity index (χ3v) is 5.74. The number of hydrogen-bond donors (Lipinski definition) is 2. The summed E-state index contributed by atoms with van der Waals surface area (Å²) in [4.78, 5) is 23.1. The molecule has 34 heavy (non-hydrogen) atoms. The molecule has 1 aliphatic rings. The van der Waals surface area contributed by atoms with E-state index >= 15 is 0 Å². The lowest BCUT2D eigenvalue weighted by atomic mass is 10.0. The second kappa shape index (κ2) is 7.68. The van der Waals surface area contributed by atoms with Gasteiger partial charge in [-0.15, -0.1) is 0 Å². The minimum atomic E-state index is -4.77. The zero-order valence-electron chi connectivity index (χ0n) is 18.0. The van der Waals surface area contributed by atoms with E-state index in [4.69, 9.17) is 11.1 Å². The van der Waals surface area contributed by atoms with Crippen molar-refractivity contribution in [3.05, 3.63) is 59.7 Å². The van der Waals surface area contributed by atoms with Gasteiger partial charge in [0.25, 0.3) is 0 Å². The largest absolute Gasteiger partial charge is 0.435 e. The van der Waals surface area contributed by atoms with Crippen LogP contribution in [0.4, 0.5) is 24.8 Å². The number of rotatable bonds is 0. The van der Waals surface area contributed by atoms with Crippen molar-refractivity contribution in [2.75, 3.05) is 17.7 Å². The van der Waals surface area contributed by atoms with E-state index in [0.29, 0.717) is 22.7 Å². The van der Waals surface area contributed by atoms with Crippen LogP contribution < -0.4 is 10.6 Å². The predicted molar refractivity (Wildman–Crippen MR) is 119 cm³/mol. The van der Waals surface area contributed by atoms with Crippen LogP contribution >= 0.6 is 0 Å². The molecule has 12 heteroatoms.